The van der Waals surface area contributed by atoms with Crippen molar-refractivity contribution in [3.8, 4) is 27.6 Å². The highest BCUT2D eigenvalue weighted by molar-refractivity contribution is 8.00. The van der Waals surface area contributed by atoms with E-state index in [1.54, 1.807) is 30.0 Å². The molecule has 2 aromatic heterocycles. The Balaban J connectivity index is 1.37. The number of nitrogens with zero attached hydrogens (tertiary/aromatic N) is 2. The first-order valence-corrected chi connectivity index (χ1v) is 13.7. The first kappa shape index (κ1) is 26.9. The number of amidine groups is 1. The van der Waals surface area contributed by atoms with Crippen LogP contribution in [-0.4, -0.2) is 65.8 Å². The average Bonchev–Trinajstić information content (AvgIpc) is 3.61. The lowest BCUT2D eigenvalue weighted by molar-refractivity contribution is -0.204. The summed E-state index contributed by atoms with van der Waals surface area (Å²) >= 11 is 4.47. The van der Waals surface area contributed by atoms with E-state index in [2.05, 4.69) is 4.74 Å². The molecule has 196 valence electrons. The number of nitrogens with one attached hydrogen (secondary N) is 1. The van der Waals surface area contributed by atoms with Gasteiger partial charge in [-0.1, -0.05) is 12.1 Å². The average molecular weight is 571 g/mol. The first-order valence-electron chi connectivity index (χ1n) is 10.8. The Morgan fingerprint density at radius 1 is 1.32 bits per heavy atom. The Bertz CT molecular complexity index is 1320. The molecule has 3 heterocycles. The highest BCUT2D eigenvalue weighted by atomic mass is 32.2. The van der Waals surface area contributed by atoms with Crippen LogP contribution in [0.3, 0.4) is 0 Å². The molecule has 0 radical (unpaired) electrons. The molecule has 0 saturated carbocycles. The second-order valence-corrected chi connectivity index (χ2v) is 10.9. The van der Waals surface area contributed by atoms with Crippen LogP contribution in [0.1, 0.15) is 11.3 Å². The summed E-state index contributed by atoms with van der Waals surface area (Å²) in [6.07, 6.45) is -3.98. The lowest BCUT2D eigenvalue weighted by Gasteiger charge is -2.17. The number of nitrogens with two attached hydrogens (primary N) is 1. The Kier molecular flexibility index (Phi) is 8.09. The minimum Gasteiger partial charge on any atom is -0.484 e. The maximum Gasteiger partial charge on any atom is 0.490 e. The Morgan fingerprint density at radius 3 is 2.81 bits per heavy atom. The number of thiophene rings is 1. The lowest BCUT2D eigenvalue weighted by atomic mass is 10.1. The zero-order valence-corrected chi connectivity index (χ0v) is 21.8. The van der Waals surface area contributed by atoms with Gasteiger partial charge in [0.05, 0.1) is 21.3 Å². The number of aromatic nitrogens is 1. The van der Waals surface area contributed by atoms with Gasteiger partial charge in [-0.2, -0.15) is 13.2 Å². The predicted molar refractivity (Wildman–Crippen MR) is 136 cm³/mol. The Morgan fingerprint density at radius 2 is 2.11 bits per heavy atom. The van der Waals surface area contributed by atoms with Gasteiger partial charge in [-0.3, -0.25) is 10.2 Å². The van der Waals surface area contributed by atoms with Gasteiger partial charge in [0.2, 0.25) is 0 Å². The molecule has 0 spiro atoms. The minimum atomic E-state index is -5.07. The monoisotopic (exact) mass is 570 g/mol. The summed E-state index contributed by atoms with van der Waals surface area (Å²) < 4.78 is 48.2. The summed E-state index contributed by atoms with van der Waals surface area (Å²) in [5, 5.41) is 10.4. The standard InChI is InChI=1S/C23H21F3N4O4S3/c1-35-21-15(8-17(37-21)19(27)28)20-29-16(11-36-20)12-3-2-4-13(7-12)33-10-18(31)30-6-5-14(9-30)34-22(32)23(24,25)26/h2-4,7-8,11,14H,5-6,9-10H2,1H3,(H3,27,28)/t14-/m0/s1. The number of halogens is 3. The number of nitrogen functional groups attached to an aromatic ring is 1. The number of carbonyl (C=O) groups excluding carboxylic acids is 2. The van der Waals surface area contributed by atoms with E-state index in [4.69, 9.17) is 20.9 Å². The van der Waals surface area contributed by atoms with Crippen molar-refractivity contribution in [1.29, 1.82) is 5.41 Å². The number of rotatable bonds is 8. The van der Waals surface area contributed by atoms with Crippen molar-refractivity contribution < 1.29 is 32.2 Å². The third-order valence-corrected chi connectivity index (χ3v) is 8.56. The SMILES string of the molecule is CSc1sc(C(=N)N)cc1-c1nc(-c2cccc(OCC(=O)N3CC[C@H](OC(=O)C(F)(F)F)C3)c2)cs1. The molecule has 1 amide bonds. The van der Waals surface area contributed by atoms with Crippen molar-refractivity contribution >= 4 is 52.1 Å². The summed E-state index contributed by atoms with van der Waals surface area (Å²) in [6, 6.07) is 8.92. The van der Waals surface area contributed by atoms with E-state index >= 15 is 0 Å². The van der Waals surface area contributed by atoms with Gasteiger partial charge >= 0.3 is 12.1 Å². The highest BCUT2D eigenvalue weighted by Crippen LogP contribution is 2.40. The highest BCUT2D eigenvalue weighted by Gasteiger charge is 2.43. The molecular weight excluding hydrogens is 549 g/mol. The number of thiazole rings is 1. The van der Waals surface area contributed by atoms with Gasteiger partial charge in [0.25, 0.3) is 5.91 Å². The molecule has 3 N–H and O–H groups in total. The zero-order valence-electron chi connectivity index (χ0n) is 19.3. The number of esters is 1. The molecule has 1 saturated heterocycles. The number of likely N-dealkylation sites (tertiary alicyclic amines) is 1. The number of benzene rings is 1. The summed E-state index contributed by atoms with van der Waals surface area (Å²) in [4.78, 5) is 30.2. The normalized spacial score (nSPS) is 15.6. The van der Waals surface area contributed by atoms with Crippen LogP contribution in [0.25, 0.3) is 21.8 Å². The third kappa shape index (κ3) is 6.43. The Hall–Kier alpha value is -3.10. The fourth-order valence-electron chi connectivity index (χ4n) is 3.59. The zero-order chi connectivity index (χ0) is 26.7. The Labute approximate surface area is 222 Å². The molecule has 8 nitrogen and oxygen atoms in total. The smallest absolute Gasteiger partial charge is 0.484 e. The van der Waals surface area contributed by atoms with Crippen LogP contribution in [0.2, 0.25) is 0 Å². The summed E-state index contributed by atoms with van der Waals surface area (Å²) in [5.41, 5.74) is 8.05. The molecule has 3 aromatic rings. The van der Waals surface area contributed by atoms with Gasteiger partial charge in [0, 0.05) is 29.5 Å². The van der Waals surface area contributed by atoms with Crippen LogP contribution in [0.5, 0.6) is 5.75 Å². The molecule has 1 atom stereocenters. The maximum atomic E-state index is 12.5. The third-order valence-electron chi connectivity index (χ3n) is 5.38. The van der Waals surface area contributed by atoms with Gasteiger partial charge in [0.1, 0.15) is 22.7 Å². The number of hydrogen-bond donors (Lipinski definition) is 2. The fraction of sp³-hybridized carbons (Fsp3) is 0.304. The lowest BCUT2D eigenvalue weighted by Crippen LogP contribution is -2.36. The van der Waals surface area contributed by atoms with E-state index in [-0.39, 0.29) is 32.0 Å². The van der Waals surface area contributed by atoms with Gasteiger partial charge < -0.3 is 20.1 Å². The fourth-order valence-corrected chi connectivity index (χ4v) is 6.30. The number of amides is 1. The van der Waals surface area contributed by atoms with Gasteiger partial charge in [-0.25, -0.2) is 9.78 Å². The number of thioether (sulfide) groups is 1. The van der Waals surface area contributed by atoms with E-state index in [0.29, 0.717) is 16.3 Å². The second kappa shape index (κ2) is 11.1. The predicted octanol–water partition coefficient (Wildman–Crippen LogP) is 4.63. The molecule has 1 aromatic carbocycles. The van der Waals surface area contributed by atoms with Crippen LogP contribution in [0, 0.1) is 5.41 Å². The van der Waals surface area contributed by atoms with E-state index in [9.17, 15) is 22.8 Å². The van der Waals surface area contributed by atoms with Crippen molar-refractivity contribution in [1.82, 2.24) is 9.88 Å². The summed E-state index contributed by atoms with van der Waals surface area (Å²) in [6.45, 7) is -0.255. The van der Waals surface area contributed by atoms with Crippen LogP contribution < -0.4 is 10.5 Å². The van der Waals surface area contributed by atoms with Crippen LogP contribution in [-0.2, 0) is 14.3 Å². The van der Waals surface area contributed by atoms with E-state index in [0.717, 1.165) is 20.3 Å². The first-order chi connectivity index (χ1) is 17.5. The number of hydrogen-bond acceptors (Lipinski definition) is 9. The second-order valence-electron chi connectivity index (χ2n) is 7.94. The van der Waals surface area contributed by atoms with Crippen LogP contribution >= 0.6 is 34.4 Å². The van der Waals surface area contributed by atoms with E-state index in [1.165, 1.54) is 27.6 Å². The van der Waals surface area contributed by atoms with Crippen molar-refractivity contribution in [3.63, 3.8) is 0 Å². The molecular formula is C23H21F3N4O4S3. The van der Waals surface area contributed by atoms with Crippen molar-refractivity contribution in [3.05, 3.63) is 40.6 Å². The molecule has 37 heavy (non-hydrogen) atoms. The molecule has 4 rings (SSSR count). The van der Waals surface area contributed by atoms with Gasteiger partial charge in [-0.15, -0.1) is 34.4 Å². The molecule has 14 heteroatoms. The number of ether oxygens (including phenoxy) is 2. The molecule has 1 fully saturated rings. The largest absolute Gasteiger partial charge is 0.490 e. The molecule has 0 unspecified atom stereocenters. The van der Waals surface area contributed by atoms with E-state index < -0.39 is 24.2 Å². The van der Waals surface area contributed by atoms with Crippen LogP contribution in [0.15, 0.2) is 39.9 Å². The van der Waals surface area contributed by atoms with Gasteiger partial charge in [-0.05, 0) is 24.5 Å². The minimum absolute atomic E-state index is 0.00880. The number of alkyl halides is 3. The summed E-state index contributed by atoms with van der Waals surface area (Å²) in [7, 11) is 0. The van der Waals surface area contributed by atoms with Crippen molar-refractivity contribution in [2.75, 3.05) is 26.0 Å². The maximum absolute atomic E-state index is 12.5. The molecule has 0 bridgehead atoms. The summed E-state index contributed by atoms with van der Waals surface area (Å²) in [5.74, 6) is -2.24. The van der Waals surface area contributed by atoms with E-state index in [1.807, 2.05) is 23.8 Å². The van der Waals surface area contributed by atoms with Crippen molar-refractivity contribution in [2.24, 2.45) is 5.73 Å². The molecule has 1 aliphatic rings. The molecule has 0 aliphatic carbocycles. The van der Waals surface area contributed by atoms with Gasteiger partial charge in [0.15, 0.2) is 6.61 Å². The molecule has 1 aliphatic heterocycles. The topological polar surface area (TPSA) is 119 Å². The number of carbonyl (C=O) groups is 2. The van der Waals surface area contributed by atoms with Crippen molar-refractivity contribution in [2.45, 2.75) is 22.9 Å². The van der Waals surface area contributed by atoms with Crippen LogP contribution in [0.4, 0.5) is 13.2 Å². The quantitative estimate of drug-likeness (QED) is 0.175.